The number of hydrogen-bond donors (Lipinski definition) is 1. The minimum Gasteiger partial charge on any atom is -0.386 e. The van der Waals surface area contributed by atoms with Crippen molar-refractivity contribution in [1.82, 2.24) is 4.98 Å². The molecule has 0 atom stereocenters. The zero-order valence-corrected chi connectivity index (χ0v) is 9.40. The number of aromatic nitrogens is 1. The average molecular weight is 206 g/mol. The van der Waals surface area contributed by atoms with Crippen molar-refractivity contribution in [2.75, 3.05) is 18.0 Å². The predicted octanol–water partition coefficient (Wildman–Crippen LogP) is 1.91. The van der Waals surface area contributed by atoms with Crippen molar-refractivity contribution in [2.45, 2.75) is 32.3 Å². The standard InChI is InChI=1S/C12H18N2O/c1-12(2,15)10-5-6-11(13-9-10)14-7-3-4-8-14/h5-6,9,15H,3-4,7-8H2,1-2H3. The van der Waals surface area contributed by atoms with Crippen LogP contribution in [0.3, 0.4) is 0 Å². The van der Waals surface area contributed by atoms with E-state index in [4.69, 9.17) is 0 Å². The molecule has 1 saturated heterocycles. The van der Waals surface area contributed by atoms with Crippen LogP contribution in [0.4, 0.5) is 5.82 Å². The second-order valence-corrected chi connectivity index (χ2v) is 4.66. The van der Waals surface area contributed by atoms with Gasteiger partial charge in [-0.2, -0.15) is 0 Å². The first kappa shape index (κ1) is 10.4. The third-order valence-corrected chi connectivity index (χ3v) is 2.88. The minimum atomic E-state index is -0.795. The van der Waals surface area contributed by atoms with Gasteiger partial charge in [-0.3, -0.25) is 0 Å². The molecule has 3 heteroatoms. The SMILES string of the molecule is CC(C)(O)c1ccc(N2CCCC2)nc1. The summed E-state index contributed by atoms with van der Waals surface area (Å²) in [5, 5.41) is 9.79. The first-order valence-corrected chi connectivity index (χ1v) is 5.51. The van der Waals surface area contributed by atoms with Crippen molar-refractivity contribution in [3.63, 3.8) is 0 Å². The molecule has 2 heterocycles. The summed E-state index contributed by atoms with van der Waals surface area (Å²) in [6.07, 6.45) is 4.29. The Balaban J connectivity index is 2.16. The molecule has 1 aliphatic rings. The van der Waals surface area contributed by atoms with Gasteiger partial charge in [-0.05, 0) is 32.8 Å². The number of nitrogens with zero attached hydrogens (tertiary/aromatic N) is 2. The van der Waals surface area contributed by atoms with Gasteiger partial charge < -0.3 is 10.0 Å². The van der Waals surface area contributed by atoms with Crippen LogP contribution >= 0.6 is 0 Å². The van der Waals surface area contributed by atoms with Crippen LogP contribution in [0.1, 0.15) is 32.3 Å². The molecule has 1 fully saturated rings. The van der Waals surface area contributed by atoms with Crippen LogP contribution in [0.15, 0.2) is 18.3 Å². The van der Waals surface area contributed by atoms with E-state index in [9.17, 15) is 5.11 Å². The molecule has 1 aromatic heterocycles. The van der Waals surface area contributed by atoms with Crippen molar-refractivity contribution < 1.29 is 5.11 Å². The lowest BCUT2D eigenvalue weighted by molar-refractivity contribution is 0.0782. The highest BCUT2D eigenvalue weighted by Crippen LogP contribution is 2.22. The lowest BCUT2D eigenvalue weighted by atomic mass is 10.0. The van der Waals surface area contributed by atoms with Crippen LogP contribution in [-0.4, -0.2) is 23.2 Å². The fourth-order valence-corrected chi connectivity index (χ4v) is 1.88. The summed E-state index contributed by atoms with van der Waals surface area (Å²) in [6, 6.07) is 3.96. The van der Waals surface area contributed by atoms with E-state index in [-0.39, 0.29) is 0 Å². The Kier molecular flexibility index (Phi) is 2.65. The molecule has 0 spiro atoms. The maximum Gasteiger partial charge on any atom is 0.128 e. The topological polar surface area (TPSA) is 36.4 Å². The van der Waals surface area contributed by atoms with E-state index in [0.717, 1.165) is 24.5 Å². The molecule has 0 saturated carbocycles. The summed E-state index contributed by atoms with van der Waals surface area (Å²) in [5.74, 6) is 1.03. The Morgan fingerprint density at radius 1 is 1.27 bits per heavy atom. The molecule has 0 unspecified atom stereocenters. The Morgan fingerprint density at radius 2 is 1.93 bits per heavy atom. The normalized spacial score (nSPS) is 17.1. The Morgan fingerprint density at radius 3 is 2.40 bits per heavy atom. The maximum absolute atomic E-state index is 9.79. The van der Waals surface area contributed by atoms with Crippen LogP contribution in [0, 0.1) is 0 Å². The first-order valence-electron chi connectivity index (χ1n) is 5.51. The summed E-state index contributed by atoms with van der Waals surface area (Å²) < 4.78 is 0. The lowest BCUT2D eigenvalue weighted by Crippen LogP contribution is -2.20. The second kappa shape index (κ2) is 3.81. The van der Waals surface area contributed by atoms with E-state index < -0.39 is 5.60 Å². The molecule has 0 bridgehead atoms. The molecule has 2 rings (SSSR count). The van der Waals surface area contributed by atoms with Crippen molar-refractivity contribution in [2.24, 2.45) is 0 Å². The number of aliphatic hydroxyl groups is 1. The number of hydrogen-bond acceptors (Lipinski definition) is 3. The van der Waals surface area contributed by atoms with Crippen molar-refractivity contribution >= 4 is 5.82 Å². The van der Waals surface area contributed by atoms with Crippen molar-refractivity contribution in [1.29, 1.82) is 0 Å². The molecule has 0 radical (unpaired) electrons. The third kappa shape index (κ3) is 2.29. The summed E-state index contributed by atoms with van der Waals surface area (Å²) in [7, 11) is 0. The highest BCUT2D eigenvalue weighted by Gasteiger charge is 2.18. The molecule has 1 aliphatic heterocycles. The van der Waals surface area contributed by atoms with E-state index in [1.54, 1.807) is 20.0 Å². The maximum atomic E-state index is 9.79. The smallest absolute Gasteiger partial charge is 0.128 e. The molecule has 15 heavy (non-hydrogen) atoms. The predicted molar refractivity (Wildman–Crippen MR) is 60.9 cm³/mol. The molecular weight excluding hydrogens is 188 g/mol. The average Bonchev–Trinajstić information content (AvgIpc) is 2.69. The van der Waals surface area contributed by atoms with Crippen LogP contribution in [0.25, 0.3) is 0 Å². The Labute approximate surface area is 90.8 Å². The minimum absolute atomic E-state index is 0.795. The summed E-state index contributed by atoms with van der Waals surface area (Å²) >= 11 is 0. The van der Waals surface area contributed by atoms with Gasteiger partial charge >= 0.3 is 0 Å². The van der Waals surface area contributed by atoms with E-state index >= 15 is 0 Å². The van der Waals surface area contributed by atoms with Crippen LogP contribution < -0.4 is 4.90 Å². The largest absolute Gasteiger partial charge is 0.386 e. The fraction of sp³-hybridized carbons (Fsp3) is 0.583. The first-order chi connectivity index (χ1) is 7.07. The monoisotopic (exact) mass is 206 g/mol. The second-order valence-electron chi connectivity index (χ2n) is 4.66. The summed E-state index contributed by atoms with van der Waals surface area (Å²) in [5.41, 5.74) is 0.0711. The van der Waals surface area contributed by atoms with Crippen LogP contribution in [0.5, 0.6) is 0 Å². The Bertz CT molecular complexity index is 320. The molecule has 82 valence electrons. The van der Waals surface area contributed by atoms with Crippen LogP contribution in [0.2, 0.25) is 0 Å². The van der Waals surface area contributed by atoms with E-state index in [1.807, 2.05) is 12.1 Å². The van der Waals surface area contributed by atoms with E-state index in [2.05, 4.69) is 9.88 Å². The highest BCUT2D eigenvalue weighted by molar-refractivity contribution is 5.40. The zero-order valence-electron chi connectivity index (χ0n) is 9.40. The number of anilines is 1. The lowest BCUT2D eigenvalue weighted by Gasteiger charge is -2.20. The molecule has 0 aliphatic carbocycles. The van der Waals surface area contributed by atoms with Gasteiger partial charge in [0.1, 0.15) is 5.82 Å². The third-order valence-electron chi connectivity index (χ3n) is 2.88. The zero-order chi connectivity index (χ0) is 10.9. The molecule has 0 aromatic carbocycles. The van der Waals surface area contributed by atoms with Gasteiger partial charge in [-0.15, -0.1) is 0 Å². The quantitative estimate of drug-likeness (QED) is 0.803. The van der Waals surface area contributed by atoms with Gasteiger partial charge in [0, 0.05) is 24.8 Å². The van der Waals surface area contributed by atoms with Gasteiger partial charge in [0.2, 0.25) is 0 Å². The van der Waals surface area contributed by atoms with Gasteiger partial charge in [0.15, 0.2) is 0 Å². The van der Waals surface area contributed by atoms with Crippen molar-refractivity contribution in [3.05, 3.63) is 23.9 Å². The molecular formula is C12H18N2O. The van der Waals surface area contributed by atoms with E-state index in [1.165, 1.54) is 12.8 Å². The van der Waals surface area contributed by atoms with Gasteiger partial charge in [0.25, 0.3) is 0 Å². The number of pyridine rings is 1. The number of rotatable bonds is 2. The highest BCUT2D eigenvalue weighted by atomic mass is 16.3. The Hall–Kier alpha value is -1.09. The molecule has 1 aromatic rings. The summed E-state index contributed by atoms with van der Waals surface area (Å²) in [4.78, 5) is 6.68. The molecule has 3 nitrogen and oxygen atoms in total. The van der Waals surface area contributed by atoms with Crippen molar-refractivity contribution in [3.8, 4) is 0 Å². The van der Waals surface area contributed by atoms with Gasteiger partial charge in [0.05, 0.1) is 5.60 Å². The van der Waals surface area contributed by atoms with Gasteiger partial charge in [-0.25, -0.2) is 4.98 Å². The van der Waals surface area contributed by atoms with Crippen LogP contribution in [-0.2, 0) is 5.60 Å². The molecule has 0 amide bonds. The molecule has 1 N–H and O–H groups in total. The summed E-state index contributed by atoms with van der Waals surface area (Å²) in [6.45, 7) is 5.77. The van der Waals surface area contributed by atoms with Gasteiger partial charge in [-0.1, -0.05) is 6.07 Å². The van der Waals surface area contributed by atoms with E-state index in [0.29, 0.717) is 0 Å². The fourth-order valence-electron chi connectivity index (χ4n) is 1.88.